The van der Waals surface area contributed by atoms with Gasteiger partial charge in [0.1, 0.15) is 5.70 Å². The lowest BCUT2D eigenvalue weighted by Crippen LogP contribution is -2.30. The van der Waals surface area contributed by atoms with Crippen molar-refractivity contribution in [3.8, 4) is 0 Å². The van der Waals surface area contributed by atoms with Gasteiger partial charge in [0, 0.05) is 21.2 Å². The molecule has 5 aromatic carbocycles. The summed E-state index contributed by atoms with van der Waals surface area (Å²) in [6.45, 7) is 0. The first-order valence-corrected chi connectivity index (χ1v) is 16.2. The Morgan fingerprint density at radius 2 is 1.37 bits per heavy atom. The Labute approximate surface area is 277 Å². The number of hydrogen-bond donors (Lipinski definition) is 2. The lowest BCUT2D eigenvalue weighted by Gasteiger charge is -2.25. The molecule has 5 aromatic rings. The maximum absolute atomic E-state index is 13.7. The number of carbonyl (C=O) groups is 3. The van der Waals surface area contributed by atoms with E-state index in [9.17, 15) is 14.4 Å². The second kappa shape index (κ2) is 14.3. The third kappa shape index (κ3) is 7.40. The summed E-state index contributed by atoms with van der Waals surface area (Å²) in [6.07, 6.45) is 3.34. The summed E-state index contributed by atoms with van der Waals surface area (Å²) in [4.78, 5) is 42.7. The first kappa shape index (κ1) is 30.9. The molecule has 6 rings (SSSR count). The Balaban J connectivity index is 1.15. The summed E-state index contributed by atoms with van der Waals surface area (Å²) in [7, 11) is 0. The van der Waals surface area contributed by atoms with Crippen LogP contribution in [0.25, 0.3) is 6.08 Å². The second-order valence-corrected chi connectivity index (χ2v) is 12.2. The Bertz CT molecular complexity index is 1880. The van der Waals surface area contributed by atoms with E-state index in [1.807, 2.05) is 59.5 Å². The standard InChI is InChI=1S/C38H30ClN3O3S/c39-30-14-8-9-26(23-30)24-33(41-37(44)29-12-2-1-3-13-29)38(45)40-31-19-21-32(22-20-31)46-25-36(43)42-34-15-6-4-10-27(34)17-18-28-11-5-7-16-35(28)42/h1-16,19-24H,17-18,25H2,(H,40,45)(H,41,44)/b33-24-. The number of carbonyl (C=O) groups excluding carboxylic acids is 3. The lowest BCUT2D eigenvalue weighted by molar-refractivity contribution is -0.115. The number of para-hydroxylation sites is 2. The molecule has 0 radical (unpaired) electrons. The predicted octanol–water partition coefficient (Wildman–Crippen LogP) is 8.31. The van der Waals surface area contributed by atoms with Gasteiger partial charge in [-0.3, -0.25) is 19.3 Å². The van der Waals surface area contributed by atoms with Gasteiger partial charge < -0.3 is 10.6 Å². The van der Waals surface area contributed by atoms with Crippen molar-refractivity contribution in [1.29, 1.82) is 0 Å². The van der Waals surface area contributed by atoms with Gasteiger partial charge in [-0.2, -0.15) is 0 Å². The van der Waals surface area contributed by atoms with Crippen molar-refractivity contribution in [3.05, 3.63) is 160 Å². The number of nitrogens with zero attached hydrogens (tertiary/aromatic N) is 1. The molecule has 0 aromatic heterocycles. The van der Waals surface area contributed by atoms with Crippen LogP contribution >= 0.6 is 23.4 Å². The molecule has 46 heavy (non-hydrogen) atoms. The van der Waals surface area contributed by atoms with E-state index in [0.717, 1.165) is 40.2 Å². The van der Waals surface area contributed by atoms with Gasteiger partial charge in [0.25, 0.3) is 11.8 Å². The summed E-state index contributed by atoms with van der Waals surface area (Å²) in [5.74, 6) is -0.658. The van der Waals surface area contributed by atoms with Crippen LogP contribution in [0, 0.1) is 0 Å². The number of hydrogen-bond acceptors (Lipinski definition) is 4. The maximum atomic E-state index is 13.7. The average Bonchev–Trinajstić information content (AvgIpc) is 3.25. The number of halogens is 1. The van der Waals surface area contributed by atoms with E-state index in [0.29, 0.717) is 21.8 Å². The van der Waals surface area contributed by atoms with Gasteiger partial charge in [-0.05, 0) is 96.3 Å². The smallest absolute Gasteiger partial charge is 0.272 e. The van der Waals surface area contributed by atoms with Crippen LogP contribution in [0.5, 0.6) is 0 Å². The van der Waals surface area contributed by atoms with Crippen LogP contribution in [-0.2, 0) is 22.4 Å². The minimum absolute atomic E-state index is 0.00543. The third-order valence-electron chi connectivity index (χ3n) is 7.54. The molecule has 0 bridgehead atoms. The summed E-state index contributed by atoms with van der Waals surface area (Å²) in [5.41, 5.74) is 5.86. The van der Waals surface area contributed by atoms with E-state index >= 15 is 0 Å². The van der Waals surface area contributed by atoms with Crippen molar-refractivity contribution >= 4 is 64.2 Å². The van der Waals surface area contributed by atoms with Gasteiger partial charge in [-0.25, -0.2) is 0 Å². The van der Waals surface area contributed by atoms with Crippen LogP contribution in [0.1, 0.15) is 27.0 Å². The summed E-state index contributed by atoms with van der Waals surface area (Å²) < 4.78 is 0. The van der Waals surface area contributed by atoms with Crippen LogP contribution < -0.4 is 15.5 Å². The Hall–Kier alpha value is -5.11. The molecule has 0 spiro atoms. The van der Waals surface area contributed by atoms with Crippen molar-refractivity contribution in [2.75, 3.05) is 16.0 Å². The molecule has 0 saturated carbocycles. The van der Waals surface area contributed by atoms with Gasteiger partial charge in [-0.15, -0.1) is 11.8 Å². The van der Waals surface area contributed by atoms with Crippen molar-refractivity contribution in [1.82, 2.24) is 5.32 Å². The molecule has 3 amide bonds. The number of nitrogens with one attached hydrogen (secondary N) is 2. The summed E-state index contributed by atoms with van der Waals surface area (Å²) in [6, 6.07) is 39.1. The van der Waals surface area contributed by atoms with Crippen molar-refractivity contribution in [3.63, 3.8) is 0 Å². The largest absolute Gasteiger partial charge is 0.321 e. The monoisotopic (exact) mass is 643 g/mol. The predicted molar refractivity (Wildman–Crippen MR) is 187 cm³/mol. The molecule has 1 aliphatic heterocycles. The SMILES string of the molecule is O=C(Nc1ccc(SCC(=O)N2c3ccccc3CCc3ccccc32)cc1)/C(=C/c1cccc(Cl)c1)NC(=O)c1ccccc1. The number of rotatable bonds is 8. The molecular weight excluding hydrogens is 614 g/mol. The van der Waals surface area contributed by atoms with E-state index in [1.165, 1.54) is 11.8 Å². The first-order chi connectivity index (χ1) is 22.4. The average molecular weight is 644 g/mol. The molecule has 2 N–H and O–H groups in total. The number of thioether (sulfide) groups is 1. The second-order valence-electron chi connectivity index (χ2n) is 10.7. The molecule has 8 heteroatoms. The fourth-order valence-electron chi connectivity index (χ4n) is 5.30. The fraction of sp³-hybridized carbons (Fsp3) is 0.0789. The zero-order valence-corrected chi connectivity index (χ0v) is 26.4. The quantitative estimate of drug-likeness (QED) is 0.132. The first-order valence-electron chi connectivity index (χ1n) is 14.8. The molecule has 6 nitrogen and oxygen atoms in total. The Morgan fingerprint density at radius 1 is 0.739 bits per heavy atom. The highest BCUT2D eigenvalue weighted by molar-refractivity contribution is 8.00. The highest BCUT2D eigenvalue weighted by Crippen LogP contribution is 2.37. The molecule has 0 aliphatic carbocycles. The zero-order chi connectivity index (χ0) is 31.9. The Morgan fingerprint density at radius 3 is 2.02 bits per heavy atom. The van der Waals surface area contributed by atoms with Gasteiger partial charge in [0.05, 0.1) is 17.1 Å². The van der Waals surface area contributed by atoms with E-state index in [-0.39, 0.29) is 17.4 Å². The number of aryl methyl sites for hydroxylation is 2. The molecule has 1 aliphatic rings. The zero-order valence-electron chi connectivity index (χ0n) is 24.8. The molecule has 0 saturated heterocycles. The van der Waals surface area contributed by atoms with Crippen LogP contribution in [0.4, 0.5) is 17.1 Å². The minimum atomic E-state index is -0.488. The van der Waals surface area contributed by atoms with E-state index in [4.69, 9.17) is 11.6 Å². The summed E-state index contributed by atoms with van der Waals surface area (Å²) in [5, 5.41) is 6.12. The van der Waals surface area contributed by atoms with E-state index in [2.05, 4.69) is 22.8 Å². The number of amides is 3. The highest BCUT2D eigenvalue weighted by atomic mass is 35.5. The Kier molecular flexibility index (Phi) is 9.62. The van der Waals surface area contributed by atoms with Crippen LogP contribution in [-0.4, -0.2) is 23.5 Å². The maximum Gasteiger partial charge on any atom is 0.272 e. The lowest BCUT2D eigenvalue weighted by atomic mass is 10.0. The van der Waals surface area contributed by atoms with Gasteiger partial charge in [0.15, 0.2) is 0 Å². The molecular formula is C38H30ClN3O3S. The van der Waals surface area contributed by atoms with Gasteiger partial charge in [-0.1, -0.05) is 78.3 Å². The number of anilines is 3. The topological polar surface area (TPSA) is 78.5 Å². The molecule has 1 heterocycles. The van der Waals surface area contributed by atoms with Crippen molar-refractivity contribution in [2.24, 2.45) is 0 Å². The van der Waals surface area contributed by atoms with Crippen LogP contribution in [0.2, 0.25) is 5.02 Å². The molecule has 0 atom stereocenters. The number of fused-ring (bicyclic) bond motifs is 2. The van der Waals surface area contributed by atoms with Crippen LogP contribution in [0.3, 0.4) is 0 Å². The fourth-order valence-corrected chi connectivity index (χ4v) is 6.24. The van der Waals surface area contributed by atoms with Crippen molar-refractivity contribution < 1.29 is 14.4 Å². The van der Waals surface area contributed by atoms with Gasteiger partial charge >= 0.3 is 0 Å². The molecule has 0 unspecified atom stereocenters. The normalized spacial score (nSPS) is 12.4. The number of benzene rings is 5. The van der Waals surface area contributed by atoms with Crippen LogP contribution in [0.15, 0.2) is 138 Å². The third-order valence-corrected chi connectivity index (χ3v) is 8.77. The van der Waals surface area contributed by atoms with E-state index < -0.39 is 11.8 Å². The summed E-state index contributed by atoms with van der Waals surface area (Å²) >= 11 is 7.59. The molecule has 0 fully saturated rings. The van der Waals surface area contributed by atoms with Gasteiger partial charge in [0.2, 0.25) is 5.91 Å². The highest BCUT2D eigenvalue weighted by Gasteiger charge is 2.25. The minimum Gasteiger partial charge on any atom is -0.321 e. The van der Waals surface area contributed by atoms with E-state index in [1.54, 1.807) is 66.7 Å². The van der Waals surface area contributed by atoms with Crippen molar-refractivity contribution in [2.45, 2.75) is 17.7 Å². The molecule has 228 valence electrons.